The number of carbonyl (C=O) groups excluding carboxylic acids is 1. The summed E-state index contributed by atoms with van der Waals surface area (Å²) in [6.45, 7) is -3.14. The smallest absolute Gasteiger partial charge is 0.416 e. The molecule has 0 aliphatic carbocycles. The van der Waals surface area contributed by atoms with Crippen LogP contribution in [0.15, 0.2) is 90.0 Å². The maximum Gasteiger partial charge on any atom is 0.416 e. The Labute approximate surface area is 271 Å². The summed E-state index contributed by atoms with van der Waals surface area (Å²) in [6, 6.07) is 15.8. The Morgan fingerprint density at radius 1 is 0.938 bits per heavy atom. The third-order valence-electron chi connectivity index (χ3n) is 7.89. The fourth-order valence-electron chi connectivity index (χ4n) is 5.65. The molecule has 3 heterocycles. The number of pyridine rings is 1. The number of ether oxygens (including phenoxy) is 2. The monoisotopic (exact) mass is 692 g/mol. The molecule has 1 fully saturated rings. The highest BCUT2D eigenvalue weighted by atomic mass is 32.2. The summed E-state index contributed by atoms with van der Waals surface area (Å²) in [7, 11) is -4.69. The normalized spacial score (nSPS) is 16.4. The summed E-state index contributed by atoms with van der Waals surface area (Å²) in [4.78, 5) is 20.0. The van der Waals surface area contributed by atoms with E-state index in [0.29, 0.717) is 6.07 Å². The lowest BCUT2D eigenvalue weighted by atomic mass is 10.0. The number of rotatable bonds is 7. The van der Waals surface area contributed by atoms with Crippen LogP contribution in [0, 0.1) is 5.82 Å². The van der Waals surface area contributed by atoms with E-state index in [1.807, 2.05) is 6.07 Å². The van der Waals surface area contributed by atoms with Gasteiger partial charge < -0.3 is 19.3 Å². The Morgan fingerprint density at radius 2 is 1.71 bits per heavy atom. The molecule has 0 N–H and O–H groups in total. The van der Waals surface area contributed by atoms with E-state index in [-0.39, 0.29) is 55.4 Å². The van der Waals surface area contributed by atoms with Gasteiger partial charge in [-0.3, -0.25) is 4.31 Å². The number of carbonyl (C=O) groups is 1. The van der Waals surface area contributed by atoms with Gasteiger partial charge in [0.05, 0.1) is 28.7 Å². The Morgan fingerprint density at radius 3 is 2.44 bits per heavy atom. The van der Waals surface area contributed by atoms with Crippen molar-refractivity contribution in [3.05, 3.63) is 102 Å². The highest BCUT2D eigenvalue weighted by molar-refractivity contribution is 7.92. The largest absolute Gasteiger partial charge is 0.445 e. The molecule has 1 amide bonds. The van der Waals surface area contributed by atoms with Gasteiger partial charge in [0.15, 0.2) is 5.82 Å². The second-order valence-electron chi connectivity index (χ2n) is 11.0. The average molecular weight is 693 g/mol. The lowest BCUT2D eigenvalue weighted by Gasteiger charge is -2.47. The van der Waals surface area contributed by atoms with Crippen LogP contribution in [0.25, 0.3) is 11.1 Å². The van der Waals surface area contributed by atoms with Crippen molar-refractivity contribution in [3.8, 4) is 16.9 Å². The molecular formula is C32H26F6N4O5S. The Bertz CT molecular complexity index is 1930. The SMILES string of the molecule is O=C(OCc1ccccc1)N1CCN2c3ncc(-c4cc(F)cc(OC(F)F)c4)cc3N(S(=O)(=O)c3cccc(C(F)(F)F)c3)CC2C1. The zero-order valence-electron chi connectivity index (χ0n) is 24.8. The third kappa shape index (κ3) is 6.83. The number of sulfonamides is 1. The van der Waals surface area contributed by atoms with Gasteiger partial charge in [0, 0.05) is 37.5 Å². The Balaban J connectivity index is 1.37. The van der Waals surface area contributed by atoms with Crippen LogP contribution in [0.4, 0.5) is 42.6 Å². The van der Waals surface area contributed by atoms with Crippen molar-refractivity contribution in [3.63, 3.8) is 0 Å². The van der Waals surface area contributed by atoms with Gasteiger partial charge in [-0.2, -0.15) is 22.0 Å². The highest BCUT2D eigenvalue weighted by Gasteiger charge is 2.42. The number of benzene rings is 3. The average Bonchev–Trinajstić information content (AvgIpc) is 3.05. The minimum absolute atomic E-state index is 0.00330. The van der Waals surface area contributed by atoms with Crippen LogP contribution >= 0.6 is 0 Å². The van der Waals surface area contributed by atoms with Crippen molar-refractivity contribution in [1.82, 2.24) is 9.88 Å². The van der Waals surface area contributed by atoms with E-state index in [4.69, 9.17) is 4.74 Å². The Hall–Kier alpha value is -4.99. The van der Waals surface area contributed by atoms with E-state index >= 15 is 0 Å². The summed E-state index contributed by atoms with van der Waals surface area (Å²) in [5.41, 5.74) is -0.295. The molecule has 0 bridgehead atoms. The summed E-state index contributed by atoms with van der Waals surface area (Å²) in [5, 5.41) is 0. The van der Waals surface area contributed by atoms with Crippen LogP contribution in [0.2, 0.25) is 0 Å². The molecule has 16 heteroatoms. The fraction of sp³-hybridized carbons (Fsp3) is 0.250. The second-order valence-corrected chi connectivity index (χ2v) is 12.9. The maximum atomic E-state index is 14.4. The van der Waals surface area contributed by atoms with Gasteiger partial charge in [-0.1, -0.05) is 36.4 Å². The van der Waals surface area contributed by atoms with E-state index in [1.165, 1.54) is 17.2 Å². The van der Waals surface area contributed by atoms with Gasteiger partial charge in [-0.15, -0.1) is 0 Å². The van der Waals surface area contributed by atoms with Crippen molar-refractivity contribution < 1.29 is 49.0 Å². The standard InChI is InChI=1S/C32H26F6N4O5S/c33-24-11-21(12-26(15-24)47-30(34)35)22-13-28-29(39-16-22)41-10-9-40(31(43)46-19-20-5-2-1-3-6-20)17-25(41)18-42(28)48(44,45)27-8-4-7-23(14-27)32(36,37)38/h1-8,11-16,25,30H,9-10,17-19H2. The number of anilines is 2. The van der Waals surface area contributed by atoms with E-state index in [2.05, 4.69) is 9.72 Å². The number of fused-ring (bicyclic) bond motifs is 3. The van der Waals surface area contributed by atoms with Crippen molar-refractivity contribution in [2.75, 3.05) is 35.4 Å². The molecule has 48 heavy (non-hydrogen) atoms. The predicted molar refractivity (Wildman–Crippen MR) is 162 cm³/mol. The molecule has 1 atom stereocenters. The molecule has 252 valence electrons. The molecule has 1 saturated heterocycles. The minimum Gasteiger partial charge on any atom is -0.445 e. The fourth-order valence-corrected chi connectivity index (χ4v) is 7.20. The number of nitrogens with zero attached hydrogens (tertiary/aromatic N) is 4. The quantitative estimate of drug-likeness (QED) is 0.203. The number of amides is 1. The molecule has 1 aromatic heterocycles. The summed E-state index contributed by atoms with van der Waals surface area (Å²) in [5.74, 6) is -1.26. The lowest BCUT2D eigenvalue weighted by molar-refractivity contribution is -0.137. The molecule has 2 aliphatic heterocycles. The number of piperazine rings is 1. The van der Waals surface area contributed by atoms with E-state index < -0.39 is 57.0 Å². The molecule has 9 nitrogen and oxygen atoms in total. The summed E-state index contributed by atoms with van der Waals surface area (Å²) < 4.78 is 120. The van der Waals surface area contributed by atoms with Crippen molar-refractivity contribution in [2.45, 2.75) is 30.3 Å². The first kappa shape index (κ1) is 32.9. The number of hydrogen-bond donors (Lipinski definition) is 0. The summed E-state index contributed by atoms with van der Waals surface area (Å²) >= 11 is 0. The van der Waals surface area contributed by atoms with Gasteiger partial charge in [0.2, 0.25) is 0 Å². The van der Waals surface area contributed by atoms with Gasteiger partial charge in [0.25, 0.3) is 10.0 Å². The third-order valence-corrected chi connectivity index (χ3v) is 9.67. The van der Waals surface area contributed by atoms with Crippen molar-refractivity contribution >= 4 is 27.6 Å². The minimum atomic E-state index is -4.82. The molecular weight excluding hydrogens is 666 g/mol. The van der Waals surface area contributed by atoms with Gasteiger partial charge >= 0.3 is 18.9 Å². The predicted octanol–water partition coefficient (Wildman–Crippen LogP) is 6.54. The number of halogens is 6. The second kappa shape index (κ2) is 12.9. The van der Waals surface area contributed by atoms with Gasteiger partial charge in [-0.05, 0) is 47.5 Å². The zero-order chi connectivity index (χ0) is 34.2. The molecule has 6 rings (SSSR count). The zero-order valence-corrected chi connectivity index (χ0v) is 25.6. The van der Waals surface area contributed by atoms with Crippen LogP contribution in [0.5, 0.6) is 5.75 Å². The molecule has 0 radical (unpaired) electrons. The molecule has 0 saturated carbocycles. The topological polar surface area (TPSA) is 92.3 Å². The van der Waals surface area contributed by atoms with E-state index in [9.17, 15) is 39.6 Å². The van der Waals surface area contributed by atoms with Crippen LogP contribution in [0.3, 0.4) is 0 Å². The van der Waals surface area contributed by atoms with Crippen LogP contribution in [-0.2, 0) is 27.5 Å². The van der Waals surface area contributed by atoms with Gasteiger partial charge in [-0.25, -0.2) is 22.6 Å². The maximum absolute atomic E-state index is 14.4. The van der Waals surface area contributed by atoms with Crippen LogP contribution in [0.1, 0.15) is 11.1 Å². The first-order chi connectivity index (χ1) is 22.8. The summed E-state index contributed by atoms with van der Waals surface area (Å²) in [6.07, 6.45) is -4.17. The lowest BCUT2D eigenvalue weighted by Crippen LogP contribution is -2.61. The number of aromatic nitrogens is 1. The number of alkyl halides is 5. The molecule has 2 aliphatic rings. The van der Waals surface area contributed by atoms with Crippen LogP contribution in [-0.4, -0.2) is 63.2 Å². The molecule has 4 aromatic rings. The first-order valence-electron chi connectivity index (χ1n) is 14.5. The molecule has 3 aromatic carbocycles. The Kier molecular flexibility index (Phi) is 8.85. The van der Waals surface area contributed by atoms with Crippen molar-refractivity contribution in [1.29, 1.82) is 0 Å². The van der Waals surface area contributed by atoms with E-state index in [1.54, 1.807) is 29.2 Å². The highest BCUT2D eigenvalue weighted by Crippen LogP contribution is 2.42. The number of hydrogen-bond acceptors (Lipinski definition) is 7. The molecule has 1 unspecified atom stereocenters. The van der Waals surface area contributed by atoms with Crippen LogP contribution < -0.4 is 13.9 Å². The van der Waals surface area contributed by atoms with E-state index in [0.717, 1.165) is 46.3 Å². The molecule has 0 spiro atoms. The van der Waals surface area contributed by atoms with Crippen molar-refractivity contribution in [2.24, 2.45) is 0 Å². The van der Waals surface area contributed by atoms with Gasteiger partial charge in [0.1, 0.15) is 18.2 Å². The first-order valence-corrected chi connectivity index (χ1v) is 15.9.